The fraction of sp³-hybridized carbons (Fsp3) is 0.333. The smallest absolute Gasteiger partial charge is 0.265 e. The number of aryl methyl sites for hydroxylation is 3. The Labute approximate surface area is 127 Å². The van der Waals surface area contributed by atoms with E-state index in [9.17, 15) is 22.4 Å². The van der Waals surface area contributed by atoms with Crippen molar-refractivity contribution in [2.75, 3.05) is 0 Å². The number of nitrogens with zero attached hydrogens (tertiary/aromatic N) is 5. The van der Waals surface area contributed by atoms with Gasteiger partial charge in [0.25, 0.3) is 5.91 Å². The Kier molecular flexibility index (Phi) is 4.21. The van der Waals surface area contributed by atoms with Gasteiger partial charge >= 0.3 is 6.18 Å². The first-order valence-corrected chi connectivity index (χ1v) is 6.25. The molecule has 1 N–H and O–H groups in total. The predicted molar refractivity (Wildman–Crippen MR) is 71.2 cm³/mol. The molecule has 11 heteroatoms. The molecule has 0 fully saturated rings. The summed E-state index contributed by atoms with van der Waals surface area (Å²) in [5, 5.41) is 10.8. The van der Waals surface area contributed by atoms with E-state index in [0.29, 0.717) is 16.4 Å². The Balaban J connectivity index is 2.13. The lowest BCUT2D eigenvalue weighted by Crippen LogP contribution is -2.18. The number of amides is 1. The average Bonchev–Trinajstić information content (AvgIpc) is 2.93. The molecule has 0 atom stereocenters. The first-order valence-electron chi connectivity index (χ1n) is 6.25. The number of hydrazone groups is 1. The maximum atomic E-state index is 13.6. The van der Waals surface area contributed by atoms with Crippen LogP contribution < -0.4 is 5.43 Å². The zero-order valence-corrected chi connectivity index (χ0v) is 12.3. The fourth-order valence-electron chi connectivity index (χ4n) is 1.85. The van der Waals surface area contributed by atoms with Gasteiger partial charge in [-0.2, -0.15) is 32.9 Å². The molecule has 0 saturated heterocycles. The fourth-order valence-corrected chi connectivity index (χ4v) is 1.85. The number of rotatable bonds is 3. The van der Waals surface area contributed by atoms with E-state index in [4.69, 9.17) is 0 Å². The van der Waals surface area contributed by atoms with Crippen LogP contribution in [0.25, 0.3) is 0 Å². The van der Waals surface area contributed by atoms with Crippen molar-refractivity contribution in [1.29, 1.82) is 0 Å². The lowest BCUT2D eigenvalue weighted by molar-refractivity contribution is -0.143. The maximum absolute atomic E-state index is 13.6. The summed E-state index contributed by atoms with van der Waals surface area (Å²) in [6, 6.07) is 0.598. The second-order valence-electron chi connectivity index (χ2n) is 4.65. The number of halogens is 4. The van der Waals surface area contributed by atoms with Crippen LogP contribution in [0.15, 0.2) is 11.2 Å². The summed E-state index contributed by atoms with van der Waals surface area (Å²) in [5.41, 5.74) is 0.867. The van der Waals surface area contributed by atoms with Crippen LogP contribution in [0.2, 0.25) is 0 Å². The van der Waals surface area contributed by atoms with Gasteiger partial charge in [-0.1, -0.05) is 0 Å². The van der Waals surface area contributed by atoms with Crippen LogP contribution in [-0.4, -0.2) is 31.7 Å². The summed E-state index contributed by atoms with van der Waals surface area (Å²) in [7, 11) is 2.46. The molecular weight excluding hydrogens is 320 g/mol. The molecular formula is C12H12F4N6O. The first kappa shape index (κ1) is 16.6. The Hall–Kier alpha value is -2.72. The summed E-state index contributed by atoms with van der Waals surface area (Å²) in [6.45, 7) is 1.54. The highest BCUT2D eigenvalue weighted by Gasteiger charge is 2.35. The number of hydrogen-bond acceptors (Lipinski definition) is 4. The Morgan fingerprint density at radius 1 is 1.30 bits per heavy atom. The van der Waals surface area contributed by atoms with Gasteiger partial charge < -0.3 is 0 Å². The minimum Gasteiger partial charge on any atom is -0.265 e. The molecule has 124 valence electrons. The standard InChI is InChI=1S/C12H12F4N6O/c1-6-7(10(13)22(3)19-6)5-17-18-11(23)8-4-9(12(14,15)16)21(2)20-8/h4-5H,1-3H3,(H,18,23). The van der Waals surface area contributed by atoms with Crippen LogP contribution in [0.1, 0.15) is 27.4 Å². The van der Waals surface area contributed by atoms with Crippen molar-refractivity contribution in [2.45, 2.75) is 13.1 Å². The average molecular weight is 332 g/mol. The van der Waals surface area contributed by atoms with E-state index in [0.717, 1.165) is 17.9 Å². The quantitative estimate of drug-likeness (QED) is 0.524. The monoisotopic (exact) mass is 332 g/mol. The first-order chi connectivity index (χ1) is 10.6. The molecule has 2 heterocycles. The van der Waals surface area contributed by atoms with Crippen molar-refractivity contribution in [3.05, 3.63) is 34.7 Å². The van der Waals surface area contributed by atoms with Gasteiger partial charge in [-0.25, -0.2) is 10.1 Å². The molecule has 0 aliphatic heterocycles. The Morgan fingerprint density at radius 3 is 2.43 bits per heavy atom. The van der Waals surface area contributed by atoms with Crippen LogP contribution in [0.5, 0.6) is 0 Å². The maximum Gasteiger partial charge on any atom is 0.433 e. The van der Waals surface area contributed by atoms with Gasteiger partial charge in [-0.3, -0.25) is 9.48 Å². The van der Waals surface area contributed by atoms with Gasteiger partial charge in [0.2, 0.25) is 5.95 Å². The zero-order chi connectivity index (χ0) is 17.4. The molecule has 2 aromatic heterocycles. The van der Waals surface area contributed by atoms with E-state index >= 15 is 0 Å². The van der Waals surface area contributed by atoms with Gasteiger partial charge in [0.1, 0.15) is 5.69 Å². The zero-order valence-electron chi connectivity index (χ0n) is 12.3. The highest BCUT2D eigenvalue weighted by Crippen LogP contribution is 2.29. The van der Waals surface area contributed by atoms with Gasteiger partial charge in [-0.15, -0.1) is 0 Å². The number of nitrogens with one attached hydrogen (secondary N) is 1. The van der Waals surface area contributed by atoms with E-state index in [1.54, 1.807) is 6.92 Å². The van der Waals surface area contributed by atoms with Crippen molar-refractivity contribution >= 4 is 12.1 Å². The molecule has 2 rings (SSSR count). The molecule has 0 unspecified atom stereocenters. The third-order valence-electron chi connectivity index (χ3n) is 2.96. The molecule has 0 radical (unpaired) electrons. The van der Waals surface area contributed by atoms with E-state index in [1.165, 1.54) is 7.05 Å². The predicted octanol–water partition coefficient (Wildman–Crippen LogP) is 1.38. The van der Waals surface area contributed by atoms with Crippen LogP contribution >= 0.6 is 0 Å². The lowest BCUT2D eigenvalue weighted by Gasteiger charge is -2.04. The molecule has 0 aromatic carbocycles. The minimum atomic E-state index is -4.63. The minimum absolute atomic E-state index is 0.0600. The Morgan fingerprint density at radius 2 is 1.96 bits per heavy atom. The third-order valence-corrected chi connectivity index (χ3v) is 2.96. The molecule has 0 saturated carbocycles. The lowest BCUT2D eigenvalue weighted by atomic mass is 10.3. The van der Waals surface area contributed by atoms with Crippen LogP contribution in [0.4, 0.5) is 17.6 Å². The van der Waals surface area contributed by atoms with E-state index in [-0.39, 0.29) is 5.56 Å². The number of carbonyl (C=O) groups excluding carboxylic acids is 1. The molecule has 23 heavy (non-hydrogen) atoms. The number of carbonyl (C=O) groups is 1. The molecule has 1 amide bonds. The summed E-state index contributed by atoms with van der Waals surface area (Å²) < 4.78 is 53.0. The molecule has 0 bridgehead atoms. The SMILES string of the molecule is Cc1nn(C)c(F)c1C=NNC(=O)c1cc(C(F)(F)F)n(C)n1. The van der Waals surface area contributed by atoms with Gasteiger partial charge in [0.05, 0.1) is 17.5 Å². The summed E-state index contributed by atoms with van der Waals surface area (Å²) in [5.74, 6) is -1.60. The van der Waals surface area contributed by atoms with Crippen LogP contribution in [-0.2, 0) is 20.3 Å². The molecule has 2 aromatic rings. The van der Waals surface area contributed by atoms with Crippen molar-refractivity contribution in [2.24, 2.45) is 19.2 Å². The molecule has 0 aliphatic carbocycles. The van der Waals surface area contributed by atoms with Crippen molar-refractivity contribution < 1.29 is 22.4 Å². The summed E-state index contributed by atoms with van der Waals surface area (Å²) >= 11 is 0. The molecule has 0 aliphatic rings. The van der Waals surface area contributed by atoms with E-state index < -0.39 is 29.4 Å². The van der Waals surface area contributed by atoms with Crippen molar-refractivity contribution in [3.8, 4) is 0 Å². The summed E-state index contributed by atoms with van der Waals surface area (Å²) in [4.78, 5) is 11.7. The summed E-state index contributed by atoms with van der Waals surface area (Å²) in [6.07, 6.45) is -3.61. The second kappa shape index (κ2) is 5.82. The largest absolute Gasteiger partial charge is 0.433 e. The normalized spacial score (nSPS) is 12.1. The highest BCUT2D eigenvalue weighted by atomic mass is 19.4. The van der Waals surface area contributed by atoms with Crippen LogP contribution in [0.3, 0.4) is 0 Å². The highest BCUT2D eigenvalue weighted by molar-refractivity contribution is 5.93. The number of alkyl halides is 3. The number of hydrogen-bond donors (Lipinski definition) is 1. The molecule has 7 nitrogen and oxygen atoms in total. The van der Waals surface area contributed by atoms with E-state index in [1.807, 2.05) is 5.43 Å². The van der Waals surface area contributed by atoms with Gasteiger partial charge in [0.15, 0.2) is 5.69 Å². The second-order valence-corrected chi connectivity index (χ2v) is 4.65. The van der Waals surface area contributed by atoms with Crippen LogP contribution in [0, 0.1) is 12.9 Å². The topological polar surface area (TPSA) is 77.1 Å². The molecule has 0 spiro atoms. The van der Waals surface area contributed by atoms with Crippen molar-refractivity contribution in [1.82, 2.24) is 25.0 Å². The van der Waals surface area contributed by atoms with Crippen molar-refractivity contribution in [3.63, 3.8) is 0 Å². The van der Waals surface area contributed by atoms with Gasteiger partial charge in [-0.05, 0) is 6.92 Å². The third kappa shape index (κ3) is 3.38. The Bertz CT molecular complexity index is 773. The van der Waals surface area contributed by atoms with E-state index in [2.05, 4.69) is 15.3 Å². The number of aromatic nitrogens is 4. The van der Waals surface area contributed by atoms with Gasteiger partial charge in [0, 0.05) is 20.2 Å².